The average Bonchev–Trinajstić information content (AvgIpc) is 3.33. The van der Waals surface area contributed by atoms with E-state index < -0.39 is 11.2 Å². The highest BCUT2D eigenvalue weighted by Crippen LogP contribution is 2.76. The first kappa shape index (κ1) is 27.0. The Bertz CT molecular complexity index is 1080. The van der Waals surface area contributed by atoms with E-state index in [9.17, 15) is 9.59 Å². The Balaban J connectivity index is 1.46. The number of allylic oxidation sites excluding steroid dienone is 2. The molecule has 5 nitrogen and oxygen atoms in total. The van der Waals surface area contributed by atoms with E-state index in [1.807, 2.05) is 0 Å². The Hall–Kier alpha value is -1.20. The molecule has 5 fully saturated rings. The molecule has 5 aliphatic carbocycles. The second-order valence-electron chi connectivity index (χ2n) is 16.0. The molecule has 4 saturated carbocycles. The van der Waals surface area contributed by atoms with Gasteiger partial charge >= 0.3 is 5.97 Å². The molecule has 7 atom stereocenters. The van der Waals surface area contributed by atoms with Crippen molar-refractivity contribution in [3.8, 4) is 0 Å². The van der Waals surface area contributed by atoms with Gasteiger partial charge in [0.15, 0.2) is 11.6 Å². The van der Waals surface area contributed by atoms with E-state index in [1.54, 1.807) is 0 Å². The Morgan fingerprint density at radius 2 is 1.55 bits per heavy atom. The van der Waals surface area contributed by atoms with Crippen molar-refractivity contribution in [1.29, 1.82) is 0 Å². The minimum Gasteiger partial charge on any atom is -0.469 e. The second-order valence-corrected chi connectivity index (χ2v) is 16.0. The van der Waals surface area contributed by atoms with Crippen LogP contribution in [0.3, 0.4) is 0 Å². The Labute approximate surface area is 229 Å². The van der Waals surface area contributed by atoms with Crippen molar-refractivity contribution in [2.45, 2.75) is 112 Å². The summed E-state index contributed by atoms with van der Waals surface area (Å²) in [6, 6.07) is 0. The van der Waals surface area contributed by atoms with E-state index in [0.29, 0.717) is 19.1 Å². The SMILES string of the molecule is COC(=O)[C@]12CCC(C)(C)C[C@H]1[C@H]1C(=O)C=C3[C@@]4(C)CCC5(OCCO5)C(C)(C)C4CC[C@@]3(C)[C@]1(C)CC2. The average molecular weight is 527 g/mol. The van der Waals surface area contributed by atoms with Crippen LogP contribution in [0.4, 0.5) is 0 Å². The zero-order valence-corrected chi connectivity index (χ0v) is 25.1. The Kier molecular flexibility index (Phi) is 5.65. The summed E-state index contributed by atoms with van der Waals surface area (Å²) in [5, 5.41) is 0. The van der Waals surface area contributed by atoms with Crippen molar-refractivity contribution in [3.05, 3.63) is 11.6 Å². The highest BCUT2D eigenvalue weighted by atomic mass is 16.7. The molecule has 6 aliphatic rings. The van der Waals surface area contributed by atoms with Crippen LogP contribution >= 0.6 is 0 Å². The van der Waals surface area contributed by atoms with E-state index in [2.05, 4.69) is 54.5 Å². The molecule has 1 heterocycles. The lowest BCUT2D eigenvalue weighted by molar-refractivity contribution is -0.288. The lowest BCUT2D eigenvalue weighted by atomic mass is 9.33. The molecule has 0 aromatic heterocycles. The summed E-state index contributed by atoms with van der Waals surface area (Å²) in [6.07, 6.45) is 10.6. The summed E-state index contributed by atoms with van der Waals surface area (Å²) in [4.78, 5) is 27.9. The first-order chi connectivity index (χ1) is 17.6. The minimum absolute atomic E-state index is 0.0384. The van der Waals surface area contributed by atoms with Gasteiger partial charge in [-0.3, -0.25) is 9.59 Å². The fraction of sp³-hybridized carbons (Fsp3) is 0.879. The zero-order chi connectivity index (χ0) is 27.6. The molecular formula is C33H50O5. The van der Waals surface area contributed by atoms with Gasteiger partial charge in [-0.15, -0.1) is 0 Å². The molecule has 0 amide bonds. The fourth-order valence-electron chi connectivity index (χ4n) is 11.5. The van der Waals surface area contributed by atoms with E-state index in [1.165, 1.54) is 12.7 Å². The van der Waals surface area contributed by atoms with Crippen LogP contribution in [-0.4, -0.2) is 37.9 Å². The topological polar surface area (TPSA) is 61.8 Å². The summed E-state index contributed by atoms with van der Waals surface area (Å²) >= 11 is 0. The molecule has 6 rings (SSSR count). The van der Waals surface area contributed by atoms with E-state index >= 15 is 0 Å². The Morgan fingerprint density at radius 3 is 2.21 bits per heavy atom. The molecule has 0 aromatic rings. The maximum atomic E-state index is 14.5. The molecule has 0 aromatic carbocycles. The van der Waals surface area contributed by atoms with Gasteiger partial charge < -0.3 is 14.2 Å². The van der Waals surface area contributed by atoms with Gasteiger partial charge in [0.1, 0.15) is 0 Å². The minimum atomic E-state index is -0.525. The third-order valence-electron chi connectivity index (χ3n) is 13.8. The number of esters is 1. The van der Waals surface area contributed by atoms with Crippen molar-refractivity contribution in [3.63, 3.8) is 0 Å². The molecule has 5 heteroatoms. The molecule has 0 radical (unpaired) electrons. The first-order valence-corrected chi connectivity index (χ1v) is 15.3. The van der Waals surface area contributed by atoms with E-state index in [-0.39, 0.29) is 50.7 Å². The quantitative estimate of drug-likeness (QED) is 0.348. The summed E-state index contributed by atoms with van der Waals surface area (Å²) in [7, 11) is 1.53. The third kappa shape index (κ3) is 3.07. The zero-order valence-electron chi connectivity index (χ0n) is 25.1. The maximum absolute atomic E-state index is 14.5. The predicted molar refractivity (Wildman–Crippen MR) is 146 cm³/mol. The number of ether oxygens (including phenoxy) is 3. The summed E-state index contributed by atoms with van der Waals surface area (Å²) in [5.74, 6) is -0.0246. The Morgan fingerprint density at radius 1 is 0.895 bits per heavy atom. The van der Waals surface area contributed by atoms with Crippen molar-refractivity contribution in [2.24, 2.45) is 50.2 Å². The molecule has 0 N–H and O–H groups in total. The monoisotopic (exact) mass is 526 g/mol. The molecule has 212 valence electrons. The fourth-order valence-corrected chi connectivity index (χ4v) is 11.5. The van der Waals surface area contributed by atoms with Gasteiger partial charge in [0.2, 0.25) is 0 Å². The van der Waals surface area contributed by atoms with Gasteiger partial charge in [-0.2, -0.15) is 0 Å². The van der Waals surface area contributed by atoms with E-state index in [0.717, 1.165) is 57.8 Å². The van der Waals surface area contributed by atoms with Crippen molar-refractivity contribution < 1.29 is 23.8 Å². The van der Waals surface area contributed by atoms with Crippen LogP contribution in [0.2, 0.25) is 0 Å². The van der Waals surface area contributed by atoms with Crippen LogP contribution < -0.4 is 0 Å². The molecule has 1 spiro atoms. The molecule has 1 saturated heterocycles. The normalized spacial score (nSPS) is 48.3. The van der Waals surface area contributed by atoms with Crippen LogP contribution in [0.5, 0.6) is 0 Å². The first-order valence-electron chi connectivity index (χ1n) is 15.3. The van der Waals surface area contributed by atoms with Gasteiger partial charge in [0.05, 0.1) is 25.7 Å². The van der Waals surface area contributed by atoms with Crippen LogP contribution in [0.15, 0.2) is 11.6 Å². The van der Waals surface area contributed by atoms with Gasteiger partial charge in [-0.25, -0.2) is 0 Å². The van der Waals surface area contributed by atoms with Crippen molar-refractivity contribution in [2.75, 3.05) is 20.3 Å². The highest BCUT2D eigenvalue weighted by Gasteiger charge is 2.72. The maximum Gasteiger partial charge on any atom is 0.312 e. The van der Waals surface area contributed by atoms with Gasteiger partial charge in [0, 0.05) is 17.8 Å². The standard InChI is InChI=1S/C33H50O5/c1-27(2)11-14-32(26(35)36-8)15-13-31(7)25(21(32)20-27)22(34)19-24-29(5)12-16-33(37-17-18-38-33)28(3,4)23(29)9-10-30(24,31)6/h19,21,23,25H,9-18,20H2,1-8H3/t21-,23?,25-,29-,30+,31+,32-/m0/s1. The third-order valence-corrected chi connectivity index (χ3v) is 13.8. The number of carbonyl (C=O) groups is 2. The second kappa shape index (κ2) is 7.96. The number of carbonyl (C=O) groups excluding carboxylic acids is 2. The number of fused-ring (bicyclic) bond motifs is 7. The molecule has 0 bridgehead atoms. The van der Waals surface area contributed by atoms with Crippen molar-refractivity contribution in [1.82, 2.24) is 0 Å². The van der Waals surface area contributed by atoms with Gasteiger partial charge in [0.25, 0.3) is 0 Å². The largest absolute Gasteiger partial charge is 0.469 e. The van der Waals surface area contributed by atoms with E-state index in [4.69, 9.17) is 14.2 Å². The molecule has 38 heavy (non-hydrogen) atoms. The lowest BCUT2D eigenvalue weighted by Gasteiger charge is -2.70. The number of hydrogen-bond acceptors (Lipinski definition) is 5. The molecule has 1 aliphatic heterocycles. The van der Waals surface area contributed by atoms with Crippen LogP contribution in [0.25, 0.3) is 0 Å². The molecular weight excluding hydrogens is 476 g/mol. The number of rotatable bonds is 1. The van der Waals surface area contributed by atoms with Crippen LogP contribution in [0, 0.1) is 50.2 Å². The predicted octanol–water partition coefficient (Wildman–Crippen LogP) is 6.88. The number of methoxy groups -OCH3 is 1. The number of hydrogen-bond donors (Lipinski definition) is 0. The van der Waals surface area contributed by atoms with Crippen LogP contribution in [-0.2, 0) is 23.8 Å². The van der Waals surface area contributed by atoms with Gasteiger partial charge in [-0.05, 0) is 90.9 Å². The smallest absolute Gasteiger partial charge is 0.312 e. The van der Waals surface area contributed by atoms with Gasteiger partial charge in [-0.1, -0.05) is 54.0 Å². The number of ketones is 1. The summed E-state index contributed by atoms with van der Waals surface area (Å²) < 4.78 is 18.2. The summed E-state index contributed by atoms with van der Waals surface area (Å²) in [5.41, 5.74) is 0.534. The molecule has 1 unspecified atom stereocenters. The van der Waals surface area contributed by atoms with Crippen LogP contribution in [0.1, 0.15) is 106 Å². The van der Waals surface area contributed by atoms with Crippen molar-refractivity contribution >= 4 is 11.8 Å². The highest BCUT2D eigenvalue weighted by molar-refractivity contribution is 5.96. The lowest BCUT2D eigenvalue weighted by Crippen LogP contribution is -2.67. The summed E-state index contributed by atoms with van der Waals surface area (Å²) in [6.45, 7) is 18.0.